The first-order chi connectivity index (χ1) is 6.65. The van der Waals surface area contributed by atoms with Gasteiger partial charge in [-0.15, -0.1) is 23.2 Å². The minimum atomic E-state index is 0.0917. The smallest absolute Gasteiger partial charge is 0.0839 e. The second-order valence-corrected chi connectivity index (χ2v) is 5.81. The largest absolute Gasteiger partial charge is 0.376 e. The van der Waals surface area contributed by atoms with Gasteiger partial charge >= 0.3 is 0 Å². The van der Waals surface area contributed by atoms with Crippen LogP contribution in [0.3, 0.4) is 0 Å². The molecule has 0 N–H and O–H groups in total. The van der Waals surface area contributed by atoms with Gasteiger partial charge in [0.1, 0.15) is 0 Å². The molecule has 0 aromatic rings. The van der Waals surface area contributed by atoms with E-state index in [-0.39, 0.29) is 6.10 Å². The SMILES string of the molecule is CCCC(C)COC(CCl)C(I)CCl. The van der Waals surface area contributed by atoms with Crippen LogP contribution < -0.4 is 0 Å². The van der Waals surface area contributed by atoms with Crippen molar-refractivity contribution in [1.82, 2.24) is 0 Å². The Labute approximate surface area is 111 Å². The highest BCUT2D eigenvalue weighted by molar-refractivity contribution is 14.1. The molecule has 3 atom stereocenters. The van der Waals surface area contributed by atoms with E-state index in [4.69, 9.17) is 27.9 Å². The number of hydrogen-bond acceptors (Lipinski definition) is 1. The van der Waals surface area contributed by atoms with Crippen LogP contribution in [0, 0.1) is 5.92 Å². The Morgan fingerprint density at radius 1 is 1.29 bits per heavy atom. The third-order valence-corrected chi connectivity index (χ3v) is 4.48. The summed E-state index contributed by atoms with van der Waals surface area (Å²) >= 11 is 13.9. The van der Waals surface area contributed by atoms with Crippen molar-refractivity contribution in [2.75, 3.05) is 18.4 Å². The molecule has 3 unspecified atom stereocenters. The van der Waals surface area contributed by atoms with E-state index in [1.165, 1.54) is 12.8 Å². The maximum Gasteiger partial charge on any atom is 0.0839 e. The monoisotopic (exact) mass is 352 g/mol. The second kappa shape index (κ2) is 9.49. The molecule has 1 nitrogen and oxygen atoms in total. The van der Waals surface area contributed by atoms with E-state index in [1.807, 2.05) is 0 Å². The molecule has 0 radical (unpaired) electrons. The van der Waals surface area contributed by atoms with Gasteiger partial charge in [0.05, 0.1) is 10.0 Å². The molecule has 14 heavy (non-hydrogen) atoms. The Morgan fingerprint density at radius 2 is 1.93 bits per heavy atom. The van der Waals surface area contributed by atoms with Gasteiger partial charge in [-0.25, -0.2) is 0 Å². The van der Waals surface area contributed by atoms with Gasteiger partial charge in [-0.2, -0.15) is 0 Å². The second-order valence-electron chi connectivity index (χ2n) is 3.59. The first-order valence-corrected chi connectivity index (χ1v) is 7.34. The minimum Gasteiger partial charge on any atom is -0.376 e. The molecule has 86 valence electrons. The van der Waals surface area contributed by atoms with Crippen molar-refractivity contribution in [2.45, 2.75) is 36.7 Å². The predicted molar refractivity (Wildman–Crippen MR) is 73.1 cm³/mol. The lowest BCUT2D eigenvalue weighted by Crippen LogP contribution is -2.29. The van der Waals surface area contributed by atoms with Gasteiger partial charge in [0.15, 0.2) is 0 Å². The standard InChI is InChI=1S/C10H19Cl2IO/c1-3-4-8(2)7-14-10(6-12)9(13)5-11/h8-10H,3-7H2,1-2H3. The fraction of sp³-hybridized carbons (Fsp3) is 1.00. The molecule has 4 heteroatoms. The van der Waals surface area contributed by atoms with E-state index in [9.17, 15) is 0 Å². The van der Waals surface area contributed by atoms with Gasteiger partial charge < -0.3 is 4.74 Å². The van der Waals surface area contributed by atoms with Crippen molar-refractivity contribution in [3.63, 3.8) is 0 Å². The summed E-state index contributed by atoms with van der Waals surface area (Å²) in [7, 11) is 0. The Kier molecular flexibility index (Phi) is 10.4. The number of hydrogen-bond donors (Lipinski definition) is 0. The first-order valence-electron chi connectivity index (χ1n) is 5.03. The molecule has 0 aliphatic heterocycles. The van der Waals surface area contributed by atoms with Crippen LogP contribution in [0.2, 0.25) is 0 Å². The van der Waals surface area contributed by atoms with E-state index in [0.717, 1.165) is 6.61 Å². The molecular formula is C10H19Cl2IO. The highest BCUT2D eigenvalue weighted by atomic mass is 127. The average Bonchev–Trinajstić information content (AvgIpc) is 2.18. The van der Waals surface area contributed by atoms with Gasteiger partial charge in [-0.1, -0.05) is 42.9 Å². The zero-order chi connectivity index (χ0) is 11.0. The van der Waals surface area contributed by atoms with E-state index >= 15 is 0 Å². The Hall–Kier alpha value is 1.27. The minimum absolute atomic E-state index is 0.0917. The van der Waals surface area contributed by atoms with Crippen LogP contribution in [0.15, 0.2) is 0 Å². The molecule has 0 saturated heterocycles. The molecule has 0 saturated carbocycles. The van der Waals surface area contributed by atoms with Crippen molar-refractivity contribution >= 4 is 45.8 Å². The maximum atomic E-state index is 5.81. The molecule has 0 aromatic carbocycles. The molecule has 0 heterocycles. The van der Waals surface area contributed by atoms with Gasteiger partial charge in [0.25, 0.3) is 0 Å². The number of halogens is 3. The zero-order valence-corrected chi connectivity index (χ0v) is 12.5. The zero-order valence-electron chi connectivity index (χ0n) is 8.81. The van der Waals surface area contributed by atoms with E-state index in [1.54, 1.807) is 0 Å². The Bertz CT molecular complexity index is 135. The van der Waals surface area contributed by atoms with Gasteiger partial charge in [0.2, 0.25) is 0 Å². The predicted octanol–water partition coefficient (Wildman–Crippen LogP) is 4.09. The third-order valence-electron chi connectivity index (χ3n) is 2.08. The van der Waals surface area contributed by atoms with Crippen LogP contribution in [0.25, 0.3) is 0 Å². The molecule has 0 rings (SSSR count). The Morgan fingerprint density at radius 3 is 2.36 bits per heavy atom. The van der Waals surface area contributed by atoms with Crippen LogP contribution in [-0.4, -0.2) is 28.4 Å². The molecule has 0 aliphatic rings. The lowest BCUT2D eigenvalue weighted by molar-refractivity contribution is 0.0481. The first kappa shape index (κ1) is 15.3. The van der Waals surface area contributed by atoms with Crippen LogP contribution in [0.4, 0.5) is 0 Å². The van der Waals surface area contributed by atoms with Crippen LogP contribution in [0.5, 0.6) is 0 Å². The summed E-state index contributed by atoms with van der Waals surface area (Å²) in [5.74, 6) is 1.74. The van der Waals surface area contributed by atoms with Crippen LogP contribution in [0.1, 0.15) is 26.7 Å². The molecule has 0 amide bonds. The highest BCUT2D eigenvalue weighted by Crippen LogP contribution is 2.16. The summed E-state index contributed by atoms with van der Waals surface area (Å²) < 4.78 is 6.04. The van der Waals surface area contributed by atoms with E-state index in [0.29, 0.717) is 21.6 Å². The summed E-state index contributed by atoms with van der Waals surface area (Å²) in [6.07, 6.45) is 2.51. The summed E-state index contributed by atoms with van der Waals surface area (Å²) in [6.45, 7) is 5.19. The van der Waals surface area contributed by atoms with Crippen molar-refractivity contribution < 1.29 is 4.74 Å². The summed E-state index contributed by atoms with van der Waals surface area (Å²) in [5, 5.41) is 0. The topological polar surface area (TPSA) is 9.23 Å². The quantitative estimate of drug-likeness (QED) is 0.472. The fourth-order valence-electron chi connectivity index (χ4n) is 1.21. The third kappa shape index (κ3) is 6.70. The summed E-state index contributed by atoms with van der Waals surface area (Å²) in [4.78, 5) is 0. The van der Waals surface area contributed by atoms with Crippen LogP contribution >= 0.6 is 45.8 Å². The highest BCUT2D eigenvalue weighted by Gasteiger charge is 2.18. The van der Waals surface area contributed by atoms with Gasteiger partial charge in [-0.3, -0.25) is 0 Å². The Balaban J connectivity index is 3.71. The maximum absolute atomic E-state index is 5.81. The molecular weight excluding hydrogens is 334 g/mol. The molecule has 0 fully saturated rings. The summed E-state index contributed by atoms with van der Waals surface area (Å²) in [5.41, 5.74) is 0. The number of ether oxygens (including phenoxy) is 1. The van der Waals surface area contributed by atoms with Crippen LogP contribution in [-0.2, 0) is 4.74 Å². The molecule has 0 aliphatic carbocycles. The van der Waals surface area contributed by atoms with Crippen molar-refractivity contribution in [3.8, 4) is 0 Å². The number of alkyl halides is 3. The molecule has 0 bridgehead atoms. The molecule has 0 spiro atoms. The van der Waals surface area contributed by atoms with Gasteiger partial charge in [-0.05, 0) is 12.3 Å². The normalized spacial score (nSPS) is 17.8. The fourth-order valence-corrected chi connectivity index (χ4v) is 2.47. The molecule has 0 aromatic heterocycles. The lowest BCUT2D eigenvalue weighted by atomic mass is 10.1. The lowest BCUT2D eigenvalue weighted by Gasteiger charge is -2.21. The van der Waals surface area contributed by atoms with E-state index in [2.05, 4.69) is 36.4 Å². The van der Waals surface area contributed by atoms with Crippen molar-refractivity contribution in [1.29, 1.82) is 0 Å². The average molecular weight is 353 g/mol. The van der Waals surface area contributed by atoms with Crippen molar-refractivity contribution in [3.05, 3.63) is 0 Å². The summed E-state index contributed by atoms with van der Waals surface area (Å²) in [6, 6.07) is 0. The van der Waals surface area contributed by atoms with Crippen molar-refractivity contribution in [2.24, 2.45) is 5.92 Å². The number of rotatable bonds is 8. The van der Waals surface area contributed by atoms with E-state index < -0.39 is 0 Å². The van der Waals surface area contributed by atoms with Gasteiger partial charge in [0, 0.05) is 18.4 Å².